The number of hydrogen-bond donors (Lipinski definition) is 0. The van der Waals surface area contributed by atoms with Crippen LogP contribution in [-0.2, 0) is 7.05 Å². The van der Waals surface area contributed by atoms with Crippen LogP contribution in [-0.4, -0.2) is 15.3 Å². The molecule has 0 saturated heterocycles. The molecule has 0 saturated carbocycles. The summed E-state index contributed by atoms with van der Waals surface area (Å²) in [6.07, 6.45) is 0. The van der Waals surface area contributed by atoms with Crippen molar-refractivity contribution in [1.82, 2.24) is 9.55 Å². The van der Waals surface area contributed by atoms with E-state index in [1.165, 1.54) is 6.92 Å². The van der Waals surface area contributed by atoms with E-state index in [1.54, 1.807) is 0 Å². The summed E-state index contributed by atoms with van der Waals surface area (Å²) in [7, 11) is 1.84. The third-order valence-corrected chi connectivity index (χ3v) is 2.80. The highest BCUT2D eigenvalue weighted by molar-refractivity contribution is 9.10. The van der Waals surface area contributed by atoms with E-state index in [0.717, 1.165) is 15.5 Å². The van der Waals surface area contributed by atoms with E-state index in [2.05, 4.69) is 20.9 Å². The molecule has 0 atom stereocenters. The number of ketones is 1. The Morgan fingerprint density at radius 3 is 2.79 bits per heavy atom. The van der Waals surface area contributed by atoms with Crippen molar-refractivity contribution < 1.29 is 4.79 Å². The standard InChI is InChI=1S/C10H9BrN2O/c1-6(14)10-12-8-5-3-4-7(11)9(8)13(10)2/h3-5H,1-2H3. The van der Waals surface area contributed by atoms with Gasteiger partial charge in [-0.15, -0.1) is 0 Å². The highest BCUT2D eigenvalue weighted by Gasteiger charge is 2.12. The lowest BCUT2D eigenvalue weighted by Crippen LogP contribution is -2.02. The molecule has 1 heterocycles. The number of aromatic nitrogens is 2. The van der Waals surface area contributed by atoms with Gasteiger partial charge in [0.05, 0.1) is 11.0 Å². The molecule has 0 unspecified atom stereocenters. The number of carbonyl (C=O) groups excluding carboxylic acids is 1. The van der Waals surface area contributed by atoms with Gasteiger partial charge in [-0.1, -0.05) is 6.07 Å². The Kier molecular flexibility index (Phi) is 2.15. The largest absolute Gasteiger partial charge is 0.324 e. The van der Waals surface area contributed by atoms with Crippen molar-refractivity contribution in [2.45, 2.75) is 6.92 Å². The van der Waals surface area contributed by atoms with E-state index in [9.17, 15) is 4.79 Å². The number of halogens is 1. The molecule has 0 aliphatic rings. The highest BCUT2D eigenvalue weighted by Crippen LogP contribution is 2.23. The second kappa shape index (κ2) is 3.20. The summed E-state index contributed by atoms with van der Waals surface area (Å²) in [5.74, 6) is 0.475. The summed E-state index contributed by atoms with van der Waals surface area (Å²) in [5.41, 5.74) is 1.80. The summed E-state index contributed by atoms with van der Waals surface area (Å²) in [6.45, 7) is 1.52. The number of aryl methyl sites for hydroxylation is 1. The van der Waals surface area contributed by atoms with Crippen LogP contribution in [0.4, 0.5) is 0 Å². The predicted octanol–water partition coefficient (Wildman–Crippen LogP) is 2.54. The maximum atomic E-state index is 11.2. The second-order valence-corrected chi connectivity index (χ2v) is 4.01. The Hall–Kier alpha value is -1.16. The first-order valence-electron chi connectivity index (χ1n) is 4.23. The van der Waals surface area contributed by atoms with Crippen molar-refractivity contribution in [3.63, 3.8) is 0 Å². The molecule has 0 bridgehead atoms. The molecule has 0 radical (unpaired) electrons. The summed E-state index contributed by atoms with van der Waals surface area (Å²) >= 11 is 3.44. The number of hydrogen-bond acceptors (Lipinski definition) is 2. The fraction of sp³-hybridized carbons (Fsp3) is 0.200. The summed E-state index contributed by atoms with van der Waals surface area (Å²) < 4.78 is 2.76. The minimum atomic E-state index is -0.0180. The fourth-order valence-electron chi connectivity index (χ4n) is 1.54. The van der Waals surface area contributed by atoms with Gasteiger partial charge < -0.3 is 4.57 Å². The first-order chi connectivity index (χ1) is 6.61. The van der Waals surface area contributed by atoms with Crippen molar-refractivity contribution in [1.29, 1.82) is 0 Å². The lowest BCUT2D eigenvalue weighted by Gasteiger charge is -1.99. The molecule has 0 spiro atoms. The SMILES string of the molecule is CC(=O)c1nc2cccc(Br)c2n1C. The Morgan fingerprint density at radius 1 is 1.50 bits per heavy atom. The van der Waals surface area contributed by atoms with Gasteiger partial charge in [-0.25, -0.2) is 4.98 Å². The van der Waals surface area contributed by atoms with E-state index < -0.39 is 0 Å². The third kappa shape index (κ3) is 1.26. The molecular formula is C10H9BrN2O. The quantitative estimate of drug-likeness (QED) is 0.732. The van der Waals surface area contributed by atoms with Gasteiger partial charge in [-0.2, -0.15) is 0 Å². The molecule has 0 N–H and O–H groups in total. The molecule has 72 valence electrons. The zero-order valence-corrected chi connectivity index (χ0v) is 9.50. The molecule has 14 heavy (non-hydrogen) atoms. The topological polar surface area (TPSA) is 34.9 Å². The van der Waals surface area contributed by atoms with E-state index in [-0.39, 0.29) is 5.78 Å². The predicted molar refractivity (Wildman–Crippen MR) is 58.4 cm³/mol. The van der Waals surface area contributed by atoms with Gasteiger partial charge in [0.15, 0.2) is 11.6 Å². The van der Waals surface area contributed by atoms with E-state index in [4.69, 9.17) is 0 Å². The van der Waals surface area contributed by atoms with E-state index >= 15 is 0 Å². The average molecular weight is 253 g/mol. The van der Waals surface area contributed by atoms with E-state index in [0.29, 0.717) is 5.82 Å². The Morgan fingerprint density at radius 2 is 2.21 bits per heavy atom. The maximum absolute atomic E-state index is 11.2. The molecule has 1 aromatic heterocycles. The van der Waals surface area contributed by atoms with Gasteiger partial charge in [0.25, 0.3) is 0 Å². The normalized spacial score (nSPS) is 10.8. The molecule has 0 aliphatic carbocycles. The van der Waals surface area contributed by atoms with Crippen LogP contribution in [0.5, 0.6) is 0 Å². The molecule has 0 fully saturated rings. The van der Waals surface area contributed by atoms with Crippen LogP contribution in [0.2, 0.25) is 0 Å². The van der Waals surface area contributed by atoms with E-state index in [1.807, 2.05) is 29.8 Å². The minimum absolute atomic E-state index is 0.0180. The Bertz CT molecular complexity index is 516. The van der Waals surface area contributed by atoms with Crippen LogP contribution in [0.15, 0.2) is 22.7 Å². The number of nitrogens with zero attached hydrogens (tertiary/aromatic N) is 2. The number of benzene rings is 1. The number of rotatable bonds is 1. The fourth-order valence-corrected chi connectivity index (χ4v) is 2.16. The van der Waals surface area contributed by atoms with Gasteiger partial charge in [-0.3, -0.25) is 4.79 Å². The van der Waals surface area contributed by atoms with Crippen LogP contribution in [0.25, 0.3) is 11.0 Å². The average Bonchev–Trinajstić information content (AvgIpc) is 2.45. The molecule has 2 rings (SSSR count). The second-order valence-electron chi connectivity index (χ2n) is 3.16. The van der Waals surface area contributed by atoms with Crippen molar-refractivity contribution >= 4 is 32.7 Å². The summed E-state index contributed by atoms with van der Waals surface area (Å²) in [4.78, 5) is 15.5. The molecule has 2 aromatic rings. The number of fused-ring (bicyclic) bond motifs is 1. The van der Waals surface area contributed by atoms with Gasteiger partial charge in [0.1, 0.15) is 0 Å². The smallest absolute Gasteiger partial charge is 0.195 e. The van der Waals surface area contributed by atoms with Crippen molar-refractivity contribution in [3.05, 3.63) is 28.5 Å². The van der Waals surface area contributed by atoms with Crippen LogP contribution in [0.1, 0.15) is 17.5 Å². The first kappa shape index (κ1) is 9.40. The molecule has 4 heteroatoms. The Labute approximate surface area is 89.9 Å². The lowest BCUT2D eigenvalue weighted by molar-refractivity contribution is 0.100. The number of Topliss-reactive ketones (excluding diaryl/α,β-unsaturated/α-hetero) is 1. The van der Waals surface area contributed by atoms with Gasteiger partial charge >= 0.3 is 0 Å². The third-order valence-electron chi connectivity index (χ3n) is 2.16. The molecular weight excluding hydrogens is 244 g/mol. The lowest BCUT2D eigenvalue weighted by atomic mass is 10.3. The number of para-hydroxylation sites is 1. The van der Waals surface area contributed by atoms with Crippen molar-refractivity contribution in [2.75, 3.05) is 0 Å². The number of carbonyl (C=O) groups is 1. The zero-order valence-electron chi connectivity index (χ0n) is 7.91. The van der Waals surface area contributed by atoms with Crippen molar-refractivity contribution in [3.8, 4) is 0 Å². The first-order valence-corrected chi connectivity index (χ1v) is 5.02. The van der Waals surface area contributed by atoms with Crippen LogP contribution in [0, 0.1) is 0 Å². The Balaban J connectivity index is 2.87. The minimum Gasteiger partial charge on any atom is -0.324 e. The highest BCUT2D eigenvalue weighted by atomic mass is 79.9. The maximum Gasteiger partial charge on any atom is 0.195 e. The molecule has 0 aliphatic heterocycles. The molecule has 1 aromatic carbocycles. The summed E-state index contributed by atoms with van der Waals surface area (Å²) in [6, 6.07) is 5.74. The van der Waals surface area contributed by atoms with Gasteiger partial charge in [0.2, 0.25) is 0 Å². The summed E-state index contributed by atoms with van der Waals surface area (Å²) in [5, 5.41) is 0. The zero-order chi connectivity index (χ0) is 10.3. The van der Waals surface area contributed by atoms with Crippen LogP contribution < -0.4 is 0 Å². The van der Waals surface area contributed by atoms with Gasteiger partial charge in [0, 0.05) is 18.4 Å². The van der Waals surface area contributed by atoms with Crippen LogP contribution >= 0.6 is 15.9 Å². The molecule has 0 amide bonds. The van der Waals surface area contributed by atoms with Crippen LogP contribution in [0.3, 0.4) is 0 Å². The molecule has 3 nitrogen and oxygen atoms in total. The number of imidazole rings is 1. The monoisotopic (exact) mass is 252 g/mol. The van der Waals surface area contributed by atoms with Gasteiger partial charge in [-0.05, 0) is 28.1 Å². The van der Waals surface area contributed by atoms with Crippen molar-refractivity contribution in [2.24, 2.45) is 7.05 Å².